The molecule has 0 aliphatic heterocycles. The van der Waals surface area contributed by atoms with Gasteiger partial charge in [-0.3, -0.25) is 9.59 Å². The average Bonchev–Trinajstić information content (AvgIpc) is 2.55. The Balaban J connectivity index is 2.68. The molecule has 0 saturated carbocycles. The zero-order chi connectivity index (χ0) is 18.9. The minimum atomic E-state index is -0.718. The normalized spacial score (nSPS) is 12.2. The molecule has 2 N–H and O–H groups in total. The second kappa shape index (κ2) is 10.0. The summed E-state index contributed by atoms with van der Waals surface area (Å²) in [6.07, 6.45) is 0.351. The summed E-state index contributed by atoms with van der Waals surface area (Å²) < 4.78 is 12.5. The Kier molecular flexibility index (Phi) is 8.44. The van der Waals surface area contributed by atoms with Crippen molar-refractivity contribution >= 4 is 29.1 Å². The van der Waals surface area contributed by atoms with Gasteiger partial charge < -0.3 is 14.8 Å². The molecule has 8 heteroatoms. The Hall–Kier alpha value is -2.06. The number of hydrogen-bond acceptors (Lipinski definition) is 7. The lowest BCUT2D eigenvalue weighted by Gasteiger charge is -2.21. The third-order valence-electron chi connectivity index (χ3n) is 2.91. The zero-order valence-electron chi connectivity index (χ0n) is 14.8. The van der Waals surface area contributed by atoms with Crippen LogP contribution in [-0.4, -0.2) is 42.5 Å². The molecule has 25 heavy (non-hydrogen) atoms. The standard InChI is InChI=1S/C17H24N2O5S/c1-17(2,3)24-16(22)25-19-13(10-12-8-6-5-7-9-12)15(21)18-11-14(20)23-4/h5-9,13,19H,10-11H2,1-4H3,(H,18,21)/t13-/m0/s1. The van der Waals surface area contributed by atoms with Gasteiger partial charge in [0.15, 0.2) is 0 Å². The van der Waals surface area contributed by atoms with Gasteiger partial charge in [0.1, 0.15) is 18.2 Å². The van der Waals surface area contributed by atoms with Crippen LogP contribution in [0.15, 0.2) is 30.3 Å². The molecule has 0 aliphatic carbocycles. The van der Waals surface area contributed by atoms with E-state index in [1.807, 2.05) is 30.3 Å². The van der Waals surface area contributed by atoms with E-state index in [4.69, 9.17) is 4.74 Å². The lowest BCUT2D eigenvalue weighted by atomic mass is 10.1. The Morgan fingerprint density at radius 1 is 1.16 bits per heavy atom. The average molecular weight is 368 g/mol. The van der Waals surface area contributed by atoms with Crippen LogP contribution in [0, 0.1) is 0 Å². The van der Waals surface area contributed by atoms with Gasteiger partial charge in [-0.1, -0.05) is 30.3 Å². The molecular weight excluding hydrogens is 344 g/mol. The van der Waals surface area contributed by atoms with Gasteiger partial charge in [-0.2, -0.15) is 0 Å². The van der Waals surface area contributed by atoms with Gasteiger partial charge in [0.2, 0.25) is 5.91 Å². The molecule has 0 heterocycles. The van der Waals surface area contributed by atoms with Crippen molar-refractivity contribution in [3.8, 4) is 0 Å². The summed E-state index contributed by atoms with van der Waals surface area (Å²) in [4.78, 5) is 35.3. The third-order valence-corrected chi connectivity index (χ3v) is 3.56. The summed E-state index contributed by atoms with van der Waals surface area (Å²) in [5.74, 6) is -0.961. The van der Waals surface area contributed by atoms with E-state index in [2.05, 4.69) is 14.8 Å². The number of methoxy groups -OCH3 is 1. The van der Waals surface area contributed by atoms with Crippen LogP contribution in [-0.2, 0) is 25.5 Å². The summed E-state index contributed by atoms with van der Waals surface area (Å²) in [5, 5.41) is 1.95. The molecule has 1 aromatic rings. The molecule has 0 radical (unpaired) electrons. The molecule has 0 unspecified atom stereocenters. The van der Waals surface area contributed by atoms with Crippen molar-refractivity contribution < 1.29 is 23.9 Å². The molecule has 1 aromatic carbocycles. The van der Waals surface area contributed by atoms with Crippen LogP contribution in [0.5, 0.6) is 0 Å². The van der Waals surface area contributed by atoms with E-state index in [-0.39, 0.29) is 6.54 Å². The van der Waals surface area contributed by atoms with Crippen molar-refractivity contribution in [3.05, 3.63) is 35.9 Å². The molecule has 138 valence electrons. The second-order valence-electron chi connectivity index (χ2n) is 6.22. The van der Waals surface area contributed by atoms with Crippen molar-refractivity contribution in [2.75, 3.05) is 13.7 Å². The van der Waals surface area contributed by atoms with E-state index in [0.717, 1.165) is 5.56 Å². The highest BCUT2D eigenvalue weighted by atomic mass is 32.2. The Labute approximate surface area is 152 Å². The lowest BCUT2D eigenvalue weighted by Crippen LogP contribution is -2.45. The second-order valence-corrected chi connectivity index (χ2v) is 6.99. The van der Waals surface area contributed by atoms with Crippen LogP contribution in [0.2, 0.25) is 0 Å². The summed E-state index contributed by atoms with van der Waals surface area (Å²) in [5.41, 5.74) is 0.298. The van der Waals surface area contributed by atoms with E-state index in [0.29, 0.717) is 18.4 Å². The SMILES string of the molecule is COC(=O)CNC(=O)[C@H](Cc1ccccc1)NSC(=O)OC(C)(C)C. The number of ether oxygens (including phenoxy) is 2. The number of amides is 1. The molecule has 0 bridgehead atoms. The number of nitrogens with one attached hydrogen (secondary N) is 2. The Morgan fingerprint density at radius 2 is 1.80 bits per heavy atom. The molecule has 0 saturated heterocycles. The Morgan fingerprint density at radius 3 is 2.36 bits per heavy atom. The fraction of sp³-hybridized carbons (Fsp3) is 0.471. The summed E-state index contributed by atoms with van der Waals surface area (Å²) >= 11 is 0.711. The van der Waals surface area contributed by atoms with Gasteiger partial charge >= 0.3 is 11.3 Å². The van der Waals surface area contributed by atoms with E-state index in [1.165, 1.54) is 7.11 Å². The molecule has 0 spiro atoms. The molecular formula is C17H24N2O5S. The summed E-state index contributed by atoms with van der Waals surface area (Å²) in [7, 11) is 1.24. The zero-order valence-corrected chi connectivity index (χ0v) is 15.6. The van der Waals surface area contributed by atoms with Crippen LogP contribution in [0.4, 0.5) is 4.79 Å². The van der Waals surface area contributed by atoms with Gasteiger partial charge in [-0.05, 0) is 32.8 Å². The van der Waals surface area contributed by atoms with Gasteiger partial charge in [0.25, 0.3) is 0 Å². The maximum absolute atomic E-state index is 12.3. The van der Waals surface area contributed by atoms with Crippen molar-refractivity contribution in [2.45, 2.75) is 38.8 Å². The molecule has 0 aliphatic rings. The first-order valence-corrected chi connectivity index (χ1v) is 8.56. The van der Waals surface area contributed by atoms with Gasteiger partial charge in [-0.25, -0.2) is 9.52 Å². The quantitative estimate of drug-likeness (QED) is 0.562. The first-order chi connectivity index (χ1) is 11.7. The molecule has 1 rings (SSSR count). The molecule has 1 amide bonds. The molecule has 7 nitrogen and oxygen atoms in total. The number of benzene rings is 1. The first kappa shape index (κ1) is 21.0. The highest BCUT2D eigenvalue weighted by Gasteiger charge is 2.23. The highest BCUT2D eigenvalue weighted by Crippen LogP contribution is 2.14. The van der Waals surface area contributed by atoms with Crippen LogP contribution >= 0.6 is 11.9 Å². The largest absolute Gasteiger partial charge is 0.468 e. The van der Waals surface area contributed by atoms with Crippen molar-refractivity contribution in [3.63, 3.8) is 0 Å². The number of carbonyl (C=O) groups is 3. The topological polar surface area (TPSA) is 93.7 Å². The fourth-order valence-corrected chi connectivity index (χ4v) is 2.50. The minimum Gasteiger partial charge on any atom is -0.468 e. The van der Waals surface area contributed by atoms with E-state index in [1.54, 1.807) is 20.8 Å². The van der Waals surface area contributed by atoms with Gasteiger partial charge in [0, 0.05) is 11.9 Å². The summed E-state index contributed by atoms with van der Waals surface area (Å²) in [6, 6.07) is 8.63. The lowest BCUT2D eigenvalue weighted by molar-refractivity contribution is -0.141. The maximum atomic E-state index is 12.3. The third kappa shape index (κ3) is 9.11. The maximum Gasteiger partial charge on any atom is 0.383 e. The molecule has 1 atom stereocenters. The smallest absolute Gasteiger partial charge is 0.383 e. The molecule has 0 aromatic heterocycles. The van der Waals surface area contributed by atoms with E-state index >= 15 is 0 Å². The van der Waals surface area contributed by atoms with Crippen LogP contribution in [0.1, 0.15) is 26.3 Å². The van der Waals surface area contributed by atoms with Crippen molar-refractivity contribution in [1.29, 1.82) is 0 Å². The van der Waals surface area contributed by atoms with E-state index < -0.39 is 28.8 Å². The Bertz CT molecular complexity index is 586. The minimum absolute atomic E-state index is 0.237. The van der Waals surface area contributed by atoms with Crippen LogP contribution in [0.25, 0.3) is 0 Å². The first-order valence-electron chi connectivity index (χ1n) is 7.75. The monoisotopic (exact) mass is 368 g/mol. The highest BCUT2D eigenvalue weighted by molar-refractivity contribution is 8.11. The number of hydrogen-bond donors (Lipinski definition) is 2. The fourth-order valence-electron chi connectivity index (χ4n) is 1.78. The number of rotatable bonds is 7. The summed E-state index contributed by atoms with van der Waals surface area (Å²) in [6.45, 7) is 5.04. The van der Waals surface area contributed by atoms with Crippen LogP contribution < -0.4 is 10.0 Å². The number of carbonyl (C=O) groups excluding carboxylic acids is 3. The predicted octanol–water partition coefficient (Wildman–Crippen LogP) is 2.06. The number of esters is 1. The van der Waals surface area contributed by atoms with Crippen molar-refractivity contribution in [1.82, 2.24) is 10.0 Å². The van der Waals surface area contributed by atoms with Gasteiger partial charge in [-0.15, -0.1) is 0 Å². The van der Waals surface area contributed by atoms with Crippen molar-refractivity contribution in [2.24, 2.45) is 0 Å². The van der Waals surface area contributed by atoms with E-state index in [9.17, 15) is 14.4 Å². The van der Waals surface area contributed by atoms with Gasteiger partial charge in [0.05, 0.1) is 7.11 Å². The predicted molar refractivity (Wildman–Crippen MR) is 95.9 cm³/mol. The molecule has 0 fully saturated rings. The van der Waals surface area contributed by atoms with Crippen LogP contribution in [0.3, 0.4) is 0 Å².